The number of anilines is 1. The third-order valence-electron chi connectivity index (χ3n) is 3.24. The molecule has 0 unspecified atom stereocenters. The smallest absolute Gasteiger partial charge is 0.323 e. The molecule has 0 spiro atoms. The van der Waals surface area contributed by atoms with Crippen LogP contribution in [0.5, 0.6) is 0 Å². The number of thioether (sulfide) groups is 1. The predicted octanol–water partition coefficient (Wildman–Crippen LogP) is 3.43. The summed E-state index contributed by atoms with van der Waals surface area (Å²) in [4.78, 5) is 36.3. The Morgan fingerprint density at radius 1 is 1.26 bits per heavy atom. The van der Waals surface area contributed by atoms with Gasteiger partial charge in [0.2, 0.25) is 5.91 Å². The van der Waals surface area contributed by atoms with Crippen molar-refractivity contribution in [2.45, 2.75) is 33.6 Å². The van der Waals surface area contributed by atoms with E-state index in [0.29, 0.717) is 29.1 Å². The first-order chi connectivity index (χ1) is 10.8. The number of hydrogen-bond acceptors (Lipinski definition) is 4. The maximum atomic E-state index is 12.5. The van der Waals surface area contributed by atoms with Crippen LogP contribution in [0.1, 0.15) is 30.9 Å². The molecule has 1 aromatic carbocycles. The molecule has 0 fully saturated rings. The topological polar surface area (TPSA) is 74.7 Å². The van der Waals surface area contributed by atoms with E-state index in [0.717, 1.165) is 17.3 Å². The molecule has 1 amide bonds. The van der Waals surface area contributed by atoms with Crippen LogP contribution in [0.2, 0.25) is 5.02 Å². The minimum atomic E-state index is -1.12. The second kappa shape index (κ2) is 8.93. The Bertz CT molecular complexity index is 618. The highest BCUT2D eigenvalue weighted by Gasteiger charge is 2.23. The number of carboxylic acids is 1. The first-order valence-corrected chi connectivity index (χ1v) is 8.57. The van der Waals surface area contributed by atoms with E-state index in [1.807, 2.05) is 6.92 Å². The van der Waals surface area contributed by atoms with Crippen molar-refractivity contribution in [1.29, 1.82) is 0 Å². The SMILES string of the molecule is CCCC(=O)SCC(=O)N(CC(=O)O)c1c(C)ccc(Cl)c1C. The van der Waals surface area contributed by atoms with E-state index in [2.05, 4.69) is 0 Å². The molecular formula is C16H20ClNO4S. The van der Waals surface area contributed by atoms with Crippen LogP contribution >= 0.6 is 23.4 Å². The van der Waals surface area contributed by atoms with Gasteiger partial charge in [0.05, 0.1) is 11.4 Å². The molecule has 0 atom stereocenters. The van der Waals surface area contributed by atoms with Crippen molar-refractivity contribution in [3.05, 3.63) is 28.3 Å². The Hall–Kier alpha value is -1.53. The van der Waals surface area contributed by atoms with Crippen LogP contribution in [0, 0.1) is 13.8 Å². The van der Waals surface area contributed by atoms with Crippen molar-refractivity contribution in [1.82, 2.24) is 0 Å². The lowest BCUT2D eigenvalue weighted by Crippen LogP contribution is -2.38. The maximum absolute atomic E-state index is 12.5. The fourth-order valence-corrected chi connectivity index (χ4v) is 3.09. The molecule has 0 saturated heterocycles. The highest BCUT2D eigenvalue weighted by molar-refractivity contribution is 8.14. The number of carbonyl (C=O) groups excluding carboxylic acids is 2. The Labute approximate surface area is 145 Å². The van der Waals surface area contributed by atoms with Crippen LogP contribution in [-0.2, 0) is 14.4 Å². The van der Waals surface area contributed by atoms with Crippen LogP contribution in [-0.4, -0.2) is 34.4 Å². The zero-order chi connectivity index (χ0) is 17.6. The molecule has 0 bridgehead atoms. The monoisotopic (exact) mass is 357 g/mol. The van der Waals surface area contributed by atoms with Gasteiger partial charge in [0.15, 0.2) is 5.12 Å². The normalized spacial score (nSPS) is 10.4. The fraction of sp³-hybridized carbons (Fsp3) is 0.438. The zero-order valence-electron chi connectivity index (χ0n) is 13.4. The molecule has 0 heterocycles. The van der Waals surface area contributed by atoms with Gasteiger partial charge in [-0.25, -0.2) is 0 Å². The zero-order valence-corrected chi connectivity index (χ0v) is 15.0. The minimum Gasteiger partial charge on any atom is -0.480 e. The summed E-state index contributed by atoms with van der Waals surface area (Å²) in [5.74, 6) is -1.63. The van der Waals surface area contributed by atoms with Crippen LogP contribution in [0.15, 0.2) is 12.1 Å². The maximum Gasteiger partial charge on any atom is 0.323 e. The number of rotatable bonds is 7. The van der Waals surface area contributed by atoms with Crippen molar-refractivity contribution < 1.29 is 19.5 Å². The van der Waals surface area contributed by atoms with Gasteiger partial charge in [-0.3, -0.25) is 19.3 Å². The Morgan fingerprint density at radius 3 is 2.48 bits per heavy atom. The Morgan fingerprint density at radius 2 is 1.91 bits per heavy atom. The van der Waals surface area contributed by atoms with Crippen molar-refractivity contribution in [3.63, 3.8) is 0 Å². The van der Waals surface area contributed by atoms with Crippen molar-refractivity contribution in [2.24, 2.45) is 0 Å². The molecule has 0 aliphatic carbocycles. The molecular weight excluding hydrogens is 338 g/mol. The number of carboxylic acid groups (broad SMARTS) is 1. The standard InChI is InChI=1S/C16H20ClNO4S/c1-4-5-15(22)23-9-13(19)18(8-14(20)21)16-10(2)6-7-12(17)11(16)3/h6-7H,4-5,8-9H2,1-3H3,(H,20,21). The molecule has 1 rings (SSSR count). The summed E-state index contributed by atoms with van der Waals surface area (Å²) >= 11 is 7.01. The van der Waals surface area contributed by atoms with Gasteiger partial charge in [-0.05, 0) is 37.5 Å². The van der Waals surface area contributed by atoms with E-state index in [9.17, 15) is 14.4 Å². The van der Waals surface area contributed by atoms with Crippen LogP contribution in [0.3, 0.4) is 0 Å². The third kappa shape index (κ3) is 5.55. The molecule has 0 radical (unpaired) electrons. The van der Waals surface area contributed by atoms with E-state index in [4.69, 9.17) is 16.7 Å². The molecule has 126 valence electrons. The van der Waals surface area contributed by atoms with Crippen LogP contribution < -0.4 is 4.90 Å². The second-order valence-corrected chi connectivity index (χ2v) is 6.56. The number of aliphatic carboxylic acids is 1. The minimum absolute atomic E-state index is 0.0735. The van der Waals surface area contributed by atoms with E-state index in [1.54, 1.807) is 26.0 Å². The van der Waals surface area contributed by atoms with Crippen LogP contribution in [0.25, 0.3) is 0 Å². The number of nitrogens with zero attached hydrogens (tertiary/aromatic N) is 1. The van der Waals surface area contributed by atoms with Crippen molar-refractivity contribution in [3.8, 4) is 0 Å². The molecule has 5 nitrogen and oxygen atoms in total. The lowest BCUT2D eigenvalue weighted by molar-refractivity contribution is -0.136. The predicted molar refractivity (Wildman–Crippen MR) is 93.3 cm³/mol. The number of halogens is 1. The molecule has 1 N–H and O–H groups in total. The first kappa shape index (κ1) is 19.5. The summed E-state index contributed by atoms with van der Waals surface area (Å²) in [7, 11) is 0. The summed E-state index contributed by atoms with van der Waals surface area (Å²) in [5.41, 5.74) is 1.89. The molecule has 0 saturated carbocycles. The molecule has 23 heavy (non-hydrogen) atoms. The van der Waals surface area contributed by atoms with Gasteiger partial charge in [-0.2, -0.15) is 0 Å². The highest BCUT2D eigenvalue weighted by atomic mass is 35.5. The quantitative estimate of drug-likeness (QED) is 0.809. The third-order valence-corrected chi connectivity index (χ3v) is 4.57. The summed E-state index contributed by atoms with van der Waals surface area (Å²) in [5, 5.41) is 9.49. The molecule has 1 aromatic rings. The molecule has 0 aromatic heterocycles. The van der Waals surface area contributed by atoms with E-state index in [1.165, 1.54) is 4.90 Å². The van der Waals surface area contributed by atoms with Gasteiger partial charge >= 0.3 is 5.97 Å². The van der Waals surface area contributed by atoms with Gasteiger partial charge < -0.3 is 5.11 Å². The number of hydrogen-bond donors (Lipinski definition) is 1. The number of benzene rings is 1. The average Bonchev–Trinajstić information content (AvgIpc) is 2.48. The summed E-state index contributed by atoms with van der Waals surface area (Å²) in [6.07, 6.45) is 1.11. The Kier molecular flexibility index (Phi) is 7.58. The highest BCUT2D eigenvalue weighted by Crippen LogP contribution is 2.31. The van der Waals surface area contributed by atoms with E-state index >= 15 is 0 Å². The second-order valence-electron chi connectivity index (χ2n) is 5.12. The number of amides is 1. The van der Waals surface area contributed by atoms with Gasteiger partial charge in [0, 0.05) is 11.4 Å². The fourth-order valence-electron chi connectivity index (χ4n) is 2.15. The summed E-state index contributed by atoms with van der Waals surface area (Å²) < 4.78 is 0. The van der Waals surface area contributed by atoms with Gasteiger partial charge in [-0.1, -0.05) is 36.4 Å². The van der Waals surface area contributed by atoms with Gasteiger partial charge in [0.1, 0.15) is 6.54 Å². The lowest BCUT2D eigenvalue weighted by atomic mass is 10.1. The first-order valence-electron chi connectivity index (χ1n) is 7.21. The molecule has 0 aliphatic heterocycles. The van der Waals surface area contributed by atoms with E-state index in [-0.39, 0.29) is 10.9 Å². The van der Waals surface area contributed by atoms with E-state index < -0.39 is 18.4 Å². The van der Waals surface area contributed by atoms with Crippen LogP contribution in [0.4, 0.5) is 5.69 Å². The number of aryl methyl sites for hydroxylation is 1. The van der Waals surface area contributed by atoms with Crippen molar-refractivity contribution >= 4 is 46.0 Å². The molecule has 7 heteroatoms. The average molecular weight is 358 g/mol. The van der Waals surface area contributed by atoms with Gasteiger partial charge in [0.25, 0.3) is 0 Å². The lowest BCUT2D eigenvalue weighted by Gasteiger charge is -2.25. The summed E-state index contributed by atoms with van der Waals surface area (Å²) in [6, 6.07) is 3.45. The summed E-state index contributed by atoms with van der Waals surface area (Å²) in [6.45, 7) is 4.94. The number of carbonyl (C=O) groups is 3. The van der Waals surface area contributed by atoms with Crippen molar-refractivity contribution in [2.75, 3.05) is 17.2 Å². The van der Waals surface area contributed by atoms with Gasteiger partial charge in [-0.15, -0.1) is 0 Å². The Balaban J connectivity index is 3.06. The largest absolute Gasteiger partial charge is 0.480 e. The molecule has 0 aliphatic rings.